The molecule has 2 aromatic carbocycles. The maximum atomic E-state index is 13.8. The fourth-order valence-electron chi connectivity index (χ4n) is 3.70. The number of esters is 1. The maximum absolute atomic E-state index is 13.8. The summed E-state index contributed by atoms with van der Waals surface area (Å²) in [6.07, 6.45) is 2.88. The minimum absolute atomic E-state index is 0.231. The number of carbonyl (C=O) groups excluding carboxylic acids is 1. The van der Waals surface area contributed by atoms with Crippen LogP contribution < -0.4 is 10.3 Å². The van der Waals surface area contributed by atoms with E-state index in [9.17, 15) is 22.4 Å². The van der Waals surface area contributed by atoms with Gasteiger partial charge in [0.05, 0.1) is 0 Å². The normalized spacial score (nSPS) is 14.4. The molecule has 4 rings (SSSR count). The number of carbonyl (C=O) groups is 1. The van der Waals surface area contributed by atoms with Crippen molar-refractivity contribution in [3.8, 4) is 0 Å². The van der Waals surface area contributed by atoms with Gasteiger partial charge in [-0.1, -0.05) is 12.1 Å². The SMILES string of the molecule is C[C@H](NS(=O)(=O)c1ccccc1F)C(=O)OCc1cc(=O)oc2cc3c(cc12)CCC3. The Labute approximate surface area is 177 Å². The summed E-state index contributed by atoms with van der Waals surface area (Å²) in [7, 11) is -4.26. The van der Waals surface area contributed by atoms with Crippen LogP contribution in [0.5, 0.6) is 0 Å². The van der Waals surface area contributed by atoms with E-state index in [-0.39, 0.29) is 6.61 Å². The second-order valence-corrected chi connectivity index (χ2v) is 9.12. The zero-order chi connectivity index (χ0) is 22.2. The summed E-state index contributed by atoms with van der Waals surface area (Å²) in [5.74, 6) is -1.78. The summed E-state index contributed by atoms with van der Waals surface area (Å²) in [5.41, 5.74) is 2.64. The van der Waals surface area contributed by atoms with E-state index < -0.39 is 38.4 Å². The van der Waals surface area contributed by atoms with Crippen LogP contribution in [0.2, 0.25) is 0 Å². The summed E-state index contributed by atoms with van der Waals surface area (Å²) in [5, 5.41) is 0.674. The topological polar surface area (TPSA) is 103 Å². The van der Waals surface area contributed by atoms with E-state index in [1.165, 1.54) is 30.7 Å². The number of halogens is 1. The highest BCUT2D eigenvalue weighted by atomic mass is 32.2. The monoisotopic (exact) mass is 445 g/mol. The summed E-state index contributed by atoms with van der Waals surface area (Å²) < 4.78 is 51.2. The molecular formula is C22H20FNO6S. The number of fused-ring (bicyclic) bond motifs is 2. The number of hydrogen-bond donors (Lipinski definition) is 1. The molecule has 9 heteroatoms. The highest BCUT2D eigenvalue weighted by molar-refractivity contribution is 7.89. The fraction of sp³-hybridized carbons (Fsp3) is 0.273. The Morgan fingerprint density at radius 3 is 2.65 bits per heavy atom. The molecule has 0 fully saturated rings. The van der Waals surface area contributed by atoms with Gasteiger partial charge in [-0.2, -0.15) is 4.72 Å². The Bertz CT molecular complexity index is 1330. The van der Waals surface area contributed by atoms with Gasteiger partial charge in [-0.3, -0.25) is 4.79 Å². The van der Waals surface area contributed by atoms with Crippen molar-refractivity contribution >= 4 is 27.0 Å². The lowest BCUT2D eigenvalue weighted by molar-refractivity contribution is -0.146. The third-order valence-corrected chi connectivity index (χ3v) is 6.80. The molecule has 31 heavy (non-hydrogen) atoms. The lowest BCUT2D eigenvalue weighted by Gasteiger charge is -2.15. The molecule has 0 saturated carbocycles. The first-order chi connectivity index (χ1) is 14.7. The molecule has 0 saturated heterocycles. The van der Waals surface area contributed by atoms with Crippen LogP contribution in [0.15, 0.2) is 56.6 Å². The Morgan fingerprint density at radius 1 is 1.19 bits per heavy atom. The number of sulfonamides is 1. The van der Waals surface area contributed by atoms with Crippen LogP contribution in [0.4, 0.5) is 4.39 Å². The van der Waals surface area contributed by atoms with Crippen LogP contribution in [0, 0.1) is 5.82 Å². The zero-order valence-corrected chi connectivity index (χ0v) is 17.5. The van der Waals surface area contributed by atoms with Crippen molar-refractivity contribution in [3.05, 3.63) is 75.4 Å². The first kappa shape index (κ1) is 21.2. The standard InChI is InChI=1S/C22H20FNO6S/c1-13(24-31(27,28)20-8-3-2-7-18(20)23)22(26)29-12-16-11-21(25)30-19-10-15-6-4-5-14(15)9-17(16)19/h2-3,7-11,13,24H,4-6,12H2,1H3/t13-/m0/s1. The highest BCUT2D eigenvalue weighted by Gasteiger charge is 2.25. The molecule has 1 N–H and O–H groups in total. The predicted octanol–water partition coefficient (Wildman–Crippen LogP) is 2.83. The molecule has 1 aliphatic rings. The molecular weight excluding hydrogens is 425 g/mol. The average Bonchev–Trinajstić information content (AvgIpc) is 3.17. The van der Waals surface area contributed by atoms with E-state index in [0.717, 1.165) is 37.0 Å². The van der Waals surface area contributed by atoms with Gasteiger partial charge in [0, 0.05) is 17.0 Å². The number of aryl methyl sites for hydroxylation is 2. The number of hydrogen-bond acceptors (Lipinski definition) is 6. The summed E-state index contributed by atoms with van der Waals surface area (Å²) in [6.45, 7) is 1.07. The molecule has 0 aliphatic heterocycles. The second kappa shape index (κ2) is 8.24. The largest absolute Gasteiger partial charge is 0.460 e. The van der Waals surface area contributed by atoms with Crippen molar-refractivity contribution in [2.24, 2.45) is 0 Å². The van der Waals surface area contributed by atoms with E-state index in [2.05, 4.69) is 4.72 Å². The van der Waals surface area contributed by atoms with Gasteiger partial charge in [-0.25, -0.2) is 17.6 Å². The summed E-state index contributed by atoms with van der Waals surface area (Å²) >= 11 is 0. The van der Waals surface area contributed by atoms with E-state index in [4.69, 9.17) is 9.15 Å². The Kier molecular flexibility index (Phi) is 5.63. The first-order valence-electron chi connectivity index (χ1n) is 9.76. The third kappa shape index (κ3) is 4.38. The van der Waals surface area contributed by atoms with Gasteiger partial charge < -0.3 is 9.15 Å². The second-order valence-electron chi connectivity index (χ2n) is 7.44. The fourth-order valence-corrected chi connectivity index (χ4v) is 4.97. The van der Waals surface area contributed by atoms with Crippen molar-refractivity contribution in [2.45, 2.75) is 43.7 Å². The van der Waals surface area contributed by atoms with Gasteiger partial charge >= 0.3 is 11.6 Å². The number of rotatable bonds is 6. The molecule has 1 aliphatic carbocycles. The summed E-state index contributed by atoms with van der Waals surface area (Å²) in [4.78, 5) is 23.7. The van der Waals surface area contributed by atoms with Crippen molar-refractivity contribution < 1.29 is 26.8 Å². The third-order valence-electron chi connectivity index (χ3n) is 5.22. The van der Waals surface area contributed by atoms with Crippen molar-refractivity contribution in [3.63, 3.8) is 0 Å². The average molecular weight is 445 g/mol. The Balaban J connectivity index is 1.50. The van der Waals surface area contributed by atoms with Crippen LogP contribution in [0.25, 0.3) is 11.0 Å². The van der Waals surface area contributed by atoms with E-state index in [0.29, 0.717) is 16.5 Å². The molecule has 1 aromatic heterocycles. The molecule has 3 aromatic rings. The Hall–Kier alpha value is -3.04. The zero-order valence-electron chi connectivity index (χ0n) is 16.7. The molecule has 162 valence electrons. The van der Waals surface area contributed by atoms with Crippen LogP contribution in [-0.2, 0) is 39.0 Å². The van der Waals surface area contributed by atoms with Gasteiger partial charge in [0.2, 0.25) is 10.0 Å². The minimum atomic E-state index is -4.26. The molecule has 0 spiro atoms. The molecule has 0 radical (unpaired) electrons. The van der Waals surface area contributed by atoms with E-state index >= 15 is 0 Å². The van der Waals surface area contributed by atoms with Crippen LogP contribution in [-0.4, -0.2) is 20.4 Å². The van der Waals surface area contributed by atoms with Crippen molar-refractivity contribution in [2.75, 3.05) is 0 Å². The first-order valence-corrected chi connectivity index (χ1v) is 11.2. The minimum Gasteiger partial charge on any atom is -0.460 e. The number of nitrogens with one attached hydrogen (secondary N) is 1. The van der Waals surface area contributed by atoms with Gasteiger partial charge in [-0.15, -0.1) is 0 Å². The lowest BCUT2D eigenvalue weighted by atomic mass is 10.0. The van der Waals surface area contributed by atoms with Crippen molar-refractivity contribution in [1.82, 2.24) is 4.72 Å². The smallest absolute Gasteiger partial charge is 0.336 e. The molecule has 7 nitrogen and oxygen atoms in total. The molecule has 0 unspecified atom stereocenters. The molecule has 0 bridgehead atoms. The number of ether oxygens (including phenoxy) is 1. The quantitative estimate of drug-likeness (QED) is 0.462. The maximum Gasteiger partial charge on any atom is 0.336 e. The molecule has 1 heterocycles. The predicted molar refractivity (Wildman–Crippen MR) is 110 cm³/mol. The van der Waals surface area contributed by atoms with Gasteiger partial charge in [-0.05, 0) is 61.6 Å². The lowest BCUT2D eigenvalue weighted by Crippen LogP contribution is -2.39. The van der Waals surface area contributed by atoms with E-state index in [1.54, 1.807) is 0 Å². The van der Waals surface area contributed by atoms with Gasteiger partial charge in [0.1, 0.15) is 28.9 Å². The Morgan fingerprint density at radius 2 is 1.90 bits per heavy atom. The van der Waals surface area contributed by atoms with Crippen LogP contribution in [0.3, 0.4) is 0 Å². The van der Waals surface area contributed by atoms with Crippen LogP contribution in [0.1, 0.15) is 30.0 Å². The van der Waals surface area contributed by atoms with Crippen molar-refractivity contribution in [1.29, 1.82) is 0 Å². The highest BCUT2D eigenvalue weighted by Crippen LogP contribution is 2.28. The molecule has 1 atom stereocenters. The summed E-state index contributed by atoms with van der Waals surface area (Å²) in [6, 6.07) is 8.63. The molecule has 0 amide bonds. The van der Waals surface area contributed by atoms with Gasteiger partial charge in [0.15, 0.2) is 0 Å². The van der Waals surface area contributed by atoms with E-state index in [1.807, 2.05) is 12.1 Å². The van der Waals surface area contributed by atoms with Gasteiger partial charge in [0.25, 0.3) is 0 Å². The number of benzene rings is 2. The van der Waals surface area contributed by atoms with Crippen LogP contribution >= 0.6 is 0 Å².